The van der Waals surface area contributed by atoms with Gasteiger partial charge in [-0.1, -0.05) is 18.2 Å². The van der Waals surface area contributed by atoms with Gasteiger partial charge in [0.1, 0.15) is 11.5 Å². The van der Waals surface area contributed by atoms with Crippen molar-refractivity contribution in [2.75, 3.05) is 0 Å². The number of para-hydroxylation sites is 1. The van der Waals surface area contributed by atoms with E-state index in [4.69, 9.17) is 9.15 Å². The normalized spacial score (nSPS) is 15.2. The molecule has 1 aliphatic heterocycles. The summed E-state index contributed by atoms with van der Waals surface area (Å²) >= 11 is 1.41. The molecule has 7 nitrogen and oxygen atoms in total. The Labute approximate surface area is 151 Å². The minimum atomic E-state index is -0.572. The third-order valence-electron chi connectivity index (χ3n) is 3.62. The Kier molecular flexibility index (Phi) is 3.94. The summed E-state index contributed by atoms with van der Waals surface area (Å²) in [5.41, 5.74) is 0.412. The molecule has 8 heteroatoms. The topological polar surface area (TPSA) is 94.9 Å². The average molecular weight is 366 g/mol. The van der Waals surface area contributed by atoms with Crippen LogP contribution in [0.25, 0.3) is 17.4 Å². The smallest absolute Gasteiger partial charge is 0.363 e. The van der Waals surface area contributed by atoms with Gasteiger partial charge in [-0.2, -0.15) is 0 Å². The van der Waals surface area contributed by atoms with Crippen molar-refractivity contribution in [3.05, 3.63) is 80.4 Å². The number of benzene rings is 1. The van der Waals surface area contributed by atoms with Crippen LogP contribution in [0.15, 0.2) is 69.0 Å². The summed E-state index contributed by atoms with van der Waals surface area (Å²) in [7, 11) is 0. The number of nitrogens with zero attached hydrogens (tertiary/aromatic N) is 2. The van der Waals surface area contributed by atoms with Crippen LogP contribution in [0.3, 0.4) is 0 Å². The number of nitro benzene ring substituents is 1. The minimum Gasteiger partial charge on any atom is -0.456 e. The zero-order chi connectivity index (χ0) is 18.1. The Balaban J connectivity index is 1.66. The lowest BCUT2D eigenvalue weighted by Crippen LogP contribution is -2.03. The summed E-state index contributed by atoms with van der Waals surface area (Å²) < 4.78 is 10.8. The van der Waals surface area contributed by atoms with Gasteiger partial charge in [0.05, 0.1) is 15.4 Å². The molecule has 0 radical (unpaired) electrons. The predicted octanol–water partition coefficient (Wildman–Crippen LogP) is 4.26. The zero-order valence-electron chi connectivity index (χ0n) is 13.1. The van der Waals surface area contributed by atoms with Crippen LogP contribution in [-0.2, 0) is 9.53 Å². The van der Waals surface area contributed by atoms with Crippen LogP contribution in [0.4, 0.5) is 5.69 Å². The number of furan rings is 1. The first kappa shape index (κ1) is 16.0. The summed E-state index contributed by atoms with van der Waals surface area (Å²) in [6.07, 6.45) is 1.45. The minimum absolute atomic E-state index is 0.0562. The van der Waals surface area contributed by atoms with Crippen molar-refractivity contribution in [2.45, 2.75) is 0 Å². The van der Waals surface area contributed by atoms with E-state index in [1.165, 1.54) is 23.5 Å². The van der Waals surface area contributed by atoms with Gasteiger partial charge in [-0.25, -0.2) is 9.79 Å². The Bertz CT molecular complexity index is 1060. The fourth-order valence-corrected chi connectivity index (χ4v) is 3.11. The summed E-state index contributed by atoms with van der Waals surface area (Å²) in [4.78, 5) is 27.6. The van der Waals surface area contributed by atoms with E-state index < -0.39 is 10.9 Å². The molecule has 0 amide bonds. The lowest BCUT2D eigenvalue weighted by Gasteiger charge is -1.98. The summed E-state index contributed by atoms with van der Waals surface area (Å²) in [5, 5.41) is 13.0. The molecule has 26 heavy (non-hydrogen) atoms. The van der Waals surface area contributed by atoms with E-state index in [2.05, 4.69) is 4.99 Å². The maximum absolute atomic E-state index is 12.0. The molecular formula is C18H10N2O5S. The van der Waals surface area contributed by atoms with Gasteiger partial charge in [0, 0.05) is 12.1 Å². The Morgan fingerprint density at radius 2 is 1.96 bits per heavy atom. The van der Waals surface area contributed by atoms with Crippen molar-refractivity contribution < 1.29 is 18.9 Å². The number of hydrogen-bond acceptors (Lipinski definition) is 7. The molecule has 3 aromatic rings. The van der Waals surface area contributed by atoms with E-state index >= 15 is 0 Å². The highest BCUT2D eigenvalue weighted by molar-refractivity contribution is 7.12. The molecule has 0 saturated carbocycles. The number of esters is 1. The maximum Gasteiger partial charge on any atom is 0.363 e. The van der Waals surface area contributed by atoms with Gasteiger partial charge >= 0.3 is 5.97 Å². The molecular weight excluding hydrogens is 356 g/mol. The number of nitro groups is 1. The quantitative estimate of drug-likeness (QED) is 0.297. The predicted molar refractivity (Wildman–Crippen MR) is 95.7 cm³/mol. The average Bonchev–Trinajstić information content (AvgIpc) is 3.37. The highest BCUT2D eigenvalue weighted by Gasteiger charge is 2.25. The summed E-state index contributed by atoms with van der Waals surface area (Å²) in [6.45, 7) is 0. The van der Waals surface area contributed by atoms with Gasteiger partial charge in [-0.05, 0) is 29.6 Å². The van der Waals surface area contributed by atoms with Gasteiger partial charge in [0.25, 0.3) is 5.69 Å². The van der Waals surface area contributed by atoms with Gasteiger partial charge < -0.3 is 9.15 Å². The Morgan fingerprint density at radius 3 is 2.73 bits per heavy atom. The van der Waals surface area contributed by atoms with Gasteiger partial charge in [-0.15, -0.1) is 11.3 Å². The molecule has 0 spiro atoms. The van der Waals surface area contributed by atoms with Crippen molar-refractivity contribution in [2.24, 2.45) is 4.99 Å². The van der Waals surface area contributed by atoms with Gasteiger partial charge in [0.15, 0.2) is 5.70 Å². The van der Waals surface area contributed by atoms with E-state index in [0.29, 0.717) is 17.1 Å². The molecule has 0 unspecified atom stereocenters. The van der Waals surface area contributed by atoms with Crippen LogP contribution in [0.2, 0.25) is 0 Å². The largest absolute Gasteiger partial charge is 0.456 e. The summed E-state index contributed by atoms with van der Waals surface area (Å²) in [6, 6.07) is 13.2. The van der Waals surface area contributed by atoms with Crippen molar-refractivity contribution >= 4 is 35.0 Å². The third kappa shape index (κ3) is 2.93. The third-order valence-corrected chi connectivity index (χ3v) is 4.48. The monoisotopic (exact) mass is 366 g/mol. The van der Waals surface area contributed by atoms with E-state index in [9.17, 15) is 14.9 Å². The first-order valence-electron chi connectivity index (χ1n) is 7.52. The van der Waals surface area contributed by atoms with E-state index in [1.54, 1.807) is 36.4 Å². The van der Waals surface area contributed by atoms with E-state index in [-0.39, 0.29) is 17.3 Å². The zero-order valence-corrected chi connectivity index (χ0v) is 13.9. The number of carbonyl (C=O) groups excluding carboxylic acids is 1. The highest BCUT2D eigenvalue weighted by Crippen LogP contribution is 2.31. The SMILES string of the molecule is O=C1OC(c2cccs2)=N/C1=C\c1ccc(-c2ccccc2[N+](=O)[O-])o1. The molecule has 3 heterocycles. The molecule has 4 rings (SSSR count). The number of thiophene rings is 1. The van der Waals surface area contributed by atoms with Crippen molar-refractivity contribution in [1.82, 2.24) is 0 Å². The lowest BCUT2D eigenvalue weighted by molar-refractivity contribution is -0.384. The second-order valence-corrected chi connectivity index (χ2v) is 6.24. The number of hydrogen-bond donors (Lipinski definition) is 0. The molecule has 0 N–H and O–H groups in total. The Morgan fingerprint density at radius 1 is 1.12 bits per heavy atom. The van der Waals surface area contributed by atoms with Crippen molar-refractivity contribution in [3.63, 3.8) is 0 Å². The second-order valence-electron chi connectivity index (χ2n) is 5.29. The fraction of sp³-hybridized carbons (Fsp3) is 0. The molecule has 128 valence electrons. The number of cyclic esters (lactones) is 1. The second kappa shape index (κ2) is 6.41. The molecule has 0 bridgehead atoms. The van der Waals surface area contributed by atoms with E-state index in [0.717, 1.165) is 4.88 Å². The highest BCUT2D eigenvalue weighted by atomic mass is 32.1. The number of rotatable bonds is 4. The number of aliphatic imine (C=N–C) groups is 1. The lowest BCUT2D eigenvalue weighted by atomic mass is 10.1. The van der Waals surface area contributed by atoms with Crippen LogP contribution in [0, 0.1) is 10.1 Å². The van der Waals surface area contributed by atoms with Crippen LogP contribution in [-0.4, -0.2) is 16.8 Å². The summed E-state index contributed by atoms with van der Waals surface area (Å²) in [5.74, 6) is 0.359. The van der Waals surface area contributed by atoms with Crippen LogP contribution in [0.5, 0.6) is 0 Å². The maximum atomic E-state index is 12.0. The first-order valence-corrected chi connectivity index (χ1v) is 8.40. The molecule has 0 saturated heterocycles. The molecule has 2 aromatic heterocycles. The van der Waals surface area contributed by atoms with Gasteiger partial charge in [-0.3, -0.25) is 10.1 Å². The molecule has 1 aromatic carbocycles. The van der Waals surface area contributed by atoms with Crippen molar-refractivity contribution in [1.29, 1.82) is 0 Å². The first-order chi connectivity index (χ1) is 12.6. The Hall–Kier alpha value is -3.52. The molecule has 0 atom stereocenters. The number of carbonyl (C=O) groups is 1. The van der Waals surface area contributed by atoms with Crippen molar-refractivity contribution in [3.8, 4) is 11.3 Å². The fourth-order valence-electron chi connectivity index (χ4n) is 2.47. The molecule has 1 aliphatic rings. The van der Waals surface area contributed by atoms with Crippen LogP contribution in [0.1, 0.15) is 10.6 Å². The van der Waals surface area contributed by atoms with Gasteiger partial charge in [0.2, 0.25) is 5.90 Å². The molecule has 0 fully saturated rings. The van der Waals surface area contributed by atoms with E-state index in [1.807, 2.05) is 11.4 Å². The number of ether oxygens (including phenoxy) is 1. The van der Waals surface area contributed by atoms with Crippen LogP contribution >= 0.6 is 11.3 Å². The van der Waals surface area contributed by atoms with Crippen LogP contribution < -0.4 is 0 Å². The molecule has 0 aliphatic carbocycles. The standard InChI is InChI=1S/C18H10N2O5S/c21-18-13(19-17(25-18)16-6-3-9-26-16)10-11-7-8-15(24-11)12-4-1-2-5-14(12)20(22)23/h1-10H/b13-10-.